The monoisotopic (exact) mass is 311 g/mol. The summed E-state index contributed by atoms with van der Waals surface area (Å²) in [6.45, 7) is 4.78. The van der Waals surface area contributed by atoms with Gasteiger partial charge in [-0.3, -0.25) is 0 Å². The molecule has 0 amide bonds. The summed E-state index contributed by atoms with van der Waals surface area (Å²) >= 11 is 3.49. The van der Waals surface area contributed by atoms with Gasteiger partial charge < -0.3 is 0 Å². The number of sulfonamides is 1. The minimum absolute atomic E-state index is 0.0661. The second-order valence-corrected chi connectivity index (χ2v) is 7.30. The fourth-order valence-electron chi connectivity index (χ4n) is 1.65. The Morgan fingerprint density at radius 2 is 1.88 bits per heavy atom. The van der Waals surface area contributed by atoms with Gasteiger partial charge in [0.2, 0.25) is 10.0 Å². The zero-order valence-corrected chi connectivity index (χ0v) is 12.5. The Morgan fingerprint density at radius 3 is 2.25 bits per heavy atom. The molecule has 0 saturated heterocycles. The Labute approximate surface area is 108 Å². The normalized spacial score (nSPS) is 17.7. The van der Waals surface area contributed by atoms with E-state index in [2.05, 4.69) is 34.5 Å². The number of nitrogens with one attached hydrogen (secondary N) is 1. The number of halogens is 1. The Kier molecular flexibility index (Phi) is 5.26. The molecule has 3 nitrogen and oxygen atoms in total. The second kappa shape index (κ2) is 5.83. The maximum atomic E-state index is 11.7. The first-order valence-corrected chi connectivity index (χ1v) is 8.77. The van der Waals surface area contributed by atoms with Crippen LogP contribution in [0.3, 0.4) is 0 Å². The lowest BCUT2D eigenvalue weighted by molar-refractivity contribution is 0.309. The van der Waals surface area contributed by atoms with Gasteiger partial charge in [-0.2, -0.15) is 0 Å². The summed E-state index contributed by atoms with van der Waals surface area (Å²) in [4.78, 5) is 0. The van der Waals surface area contributed by atoms with E-state index in [1.165, 1.54) is 0 Å². The van der Waals surface area contributed by atoms with Crippen LogP contribution < -0.4 is 4.72 Å². The lowest BCUT2D eigenvalue weighted by atomic mass is 9.85. The minimum Gasteiger partial charge on any atom is -0.215 e. The van der Waals surface area contributed by atoms with Crippen molar-refractivity contribution in [3.63, 3.8) is 0 Å². The highest BCUT2D eigenvalue weighted by Gasteiger charge is 2.31. The van der Waals surface area contributed by atoms with Crippen LogP contribution in [0.1, 0.15) is 39.5 Å². The lowest BCUT2D eigenvalue weighted by Gasteiger charge is -2.29. The van der Waals surface area contributed by atoms with Crippen molar-refractivity contribution in [3.8, 4) is 0 Å². The van der Waals surface area contributed by atoms with Crippen LogP contribution >= 0.6 is 15.9 Å². The van der Waals surface area contributed by atoms with Crippen LogP contribution in [0.25, 0.3) is 0 Å². The standard InChI is InChI=1S/C11H22BrNO2S/c1-3-11(4-2,8-12)9-13-16(14,15)7-10-5-6-10/h10,13H,3-9H2,1-2H3. The Bertz CT molecular complexity index is 300. The lowest BCUT2D eigenvalue weighted by Crippen LogP contribution is -2.39. The van der Waals surface area contributed by atoms with Gasteiger partial charge in [0.1, 0.15) is 0 Å². The largest absolute Gasteiger partial charge is 0.215 e. The van der Waals surface area contributed by atoms with Crippen LogP contribution in [0, 0.1) is 11.3 Å². The molecule has 0 atom stereocenters. The molecule has 0 aromatic carbocycles. The van der Waals surface area contributed by atoms with Gasteiger partial charge in [0.05, 0.1) is 5.75 Å². The molecule has 0 aromatic heterocycles. The zero-order chi connectivity index (χ0) is 12.2. The smallest absolute Gasteiger partial charge is 0.211 e. The van der Waals surface area contributed by atoms with E-state index in [1.807, 2.05) is 0 Å². The third-order valence-electron chi connectivity index (χ3n) is 3.60. The molecule has 1 saturated carbocycles. The predicted octanol–water partition coefficient (Wildman–Crippen LogP) is 2.52. The van der Waals surface area contributed by atoms with Gasteiger partial charge in [-0.05, 0) is 37.0 Å². The summed E-state index contributed by atoms with van der Waals surface area (Å²) < 4.78 is 26.3. The van der Waals surface area contributed by atoms with Crippen molar-refractivity contribution in [1.82, 2.24) is 4.72 Å². The zero-order valence-electron chi connectivity index (χ0n) is 10.1. The molecule has 0 spiro atoms. The highest BCUT2D eigenvalue weighted by atomic mass is 79.9. The number of hydrogen-bond donors (Lipinski definition) is 1. The van der Waals surface area contributed by atoms with Crippen molar-refractivity contribution in [2.75, 3.05) is 17.6 Å². The quantitative estimate of drug-likeness (QED) is 0.700. The SMILES string of the molecule is CCC(CC)(CBr)CNS(=O)(=O)CC1CC1. The second-order valence-electron chi connectivity index (χ2n) is 4.89. The van der Waals surface area contributed by atoms with Crippen molar-refractivity contribution >= 4 is 26.0 Å². The van der Waals surface area contributed by atoms with Gasteiger partial charge in [-0.1, -0.05) is 29.8 Å². The third kappa shape index (κ3) is 4.34. The van der Waals surface area contributed by atoms with Crippen LogP contribution in [0.15, 0.2) is 0 Å². The Balaban J connectivity index is 2.46. The van der Waals surface area contributed by atoms with E-state index >= 15 is 0 Å². The van der Waals surface area contributed by atoms with E-state index in [4.69, 9.17) is 0 Å². The summed E-state index contributed by atoms with van der Waals surface area (Å²) in [7, 11) is -3.05. The summed E-state index contributed by atoms with van der Waals surface area (Å²) in [5, 5.41) is 0.846. The molecule has 0 bridgehead atoms. The highest BCUT2D eigenvalue weighted by molar-refractivity contribution is 9.09. The van der Waals surface area contributed by atoms with Crippen LogP contribution in [0.4, 0.5) is 0 Å². The fraction of sp³-hybridized carbons (Fsp3) is 1.00. The van der Waals surface area contributed by atoms with Gasteiger partial charge in [-0.15, -0.1) is 0 Å². The van der Waals surface area contributed by atoms with E-state index in [9.17, 15) is 8.42 Å². The van der Waals surface area contributed by atoms with Crippen LogP contribution in [-0.4, -0.2) is 26.0 Å². The molecule has 1 aliphatic carbocycles. The molecule has 16 heavy (non-hydrogen) atoms. The molecule has 1 aliphatic rings. The summed E-state index contributed by atoms with van der Waals surface area (Å²) in [6, 6.07) is 0. The highest BCUT2D eigenvalue weighted by Crippen LogP contribution is 2.31. The summed E-state index contributed by atoms with van der Waals surface area (Å²) in [5.41, 5.74) is 0.0661. The van der Waals surface area contributed by atoms with E-state index in [-0.39, 0.29) is 5.41 Å². The van der Waals surface area contributed by atoms with E-state index in [1.54, 1.807) is 0 Å². The maximum Gasteiger partial charge on any atom is 0.211 e. The van der Waals surface area contributed by atoms with Crippen LogP contribution in [0.2, 0.25) is 0 Å². The summed E-state index contributed by atoms with van der Waals surface area (Å²) in [5.74, 6) is 0.734. The molecule has 5 heteroatoms. The number of rotatable bonds is 8. The topological polar surface area (TPSA) is 46.2 Å². The van der Waals surface area contributed by atoms with E-state index in [0.29, 0.717) is 18.2 Å². The van der Waals surface area contributed by atoms with Gasteiger partial charge in [0.25, 0.3) is 0 Å². The van der Waals surface area contributed by atoms with Gasteiger partial charge >= 0.3 is 0 Å². The molecule has 1 fully saturated rings. The molecule has 1 N–H and O–H groups in total. The molecular formula is C11H22BrNO2S. The van der Waals surface area contributed by atoms with Crippen molar-refractivity contribution in [2.24, 2.45) is 11.3 Å². The molecule has 0 heterocycles. The van der Waals surface area contributed by atoms with E-state index < -0.39 is 10.0 Å². The van der Waals surface area contributed by atoms with E-state index in [0.717, 1.165) is 31.0 Å². The average Bonchev–Trinajstić information content (AvgIpc) is 3.04. The molecule has 0 aromatic rings. The molecule has 0 unspecified atom stereocenters. The van der Waals surface area contributed by atoms with Gasteiger partial charge in [-0.25, -0.2) is 13.1 Å². The molecule has 96 valence electrons. The predicted molar refractivity (Wildman–Crippen MR) is 71.3 cm³/mol. The van der Waals surface area contributed by atoms with Crippen LogP contribution in [0.5, 0.6) is 0 Å². The first-order valence-electron chi connectivity index (χ1n) is 6.00. The first kappa shape index (κ1) is 14.5. The van der Waals surface area contributed by atoms with Gasteiger partial charge in [0.15, 0.2) is 0 Å². The molecule has 0 aliphatic heterocycles. The first-order chi connectivity index (χ1) is 7.47. The summed E-state index contributed by atoms with van der Waals surface area (Å²) in [6.07, 6.45) is 4.12. The average molecular weight is 312 g/mol. The Hall–Kier alpha value is 0.390. The molecule has 0 radical (unpaired) electrons. The van der Waals surface area contributed by atoms with Gasteiger partial charge in [0, 0.05) is 11.9 Å². The molecular weight excluding hydrogens is 290 g/mol. The van der Waals surface area contributed by atoms with Crippen LogP contribution in [-0.2, 0) is 10.0 Å². The minimum atomic E-state index is -3.05. The third-order valence-corrected chi connectivity index (χ3v) is 6.29. The molecule has 1 rings (SSSR count). The number of alkyl halides is 1. The van der Waals surface area contributed by atoms with Crippen molar-refractivity contribution in [1.29, 1.82) is 0 Å². The Morgan fingerprint density at radius 1 is 1.31 bits per heavy atom. The number of hydrogen-bond acceptors (Lipinski definition) is 2. The van der Waals surface area contributed by atoms with Crippen molar-refractivity contribution < 1.29 is 8.42 Å². The fourth-order valence-corrected chi connectivity index (χ4v) is 4.24. The van der Waals surface area contributed by atoms with Crippen molar-refractivity contribution in [2.45, 2.75) is 39.5 Å². The maximum absolute atomic E-state index is 11.7. The van der Waals surface area contributed by atoms with Crippen molar-refractivity contribution in [3.05, 3.63) is 0 Å².